The molecule has 0 aromatic carbocycles. The molecule has 0 aliphatic carbocycles. The van der Waals surface area contributed by atoms with Gasteiger partial charge in [-0.15, -0.1) is 0 Å². The van der Waals surface area contributed by atoms with Gasteiger partial charge in [-0.3, -0.25) is 0 Å². The van der Waals surface area contributed by atoms with Crippen LogP contribution in [-0.2, 0) is 9.53 Å². The molecular weight excluding hydrogens is 152 g/mol. The van der Waals surface area contributed by atoms with Crippen LogP contribution in [0.2, 0.25) is 0 Å². The Balaban J connectivity index is 3.55. The molecule has 2 nitrogen and oxygen atoms in total. The summed E-state index contributed by atoms with van der Waals surface area (Å²) in [6, 6.07) is 0. The lowest BCUT2D eigenvalue weighted by molar-refractivity contribution is 0.206. The van der Waals surface area contributed by atoms with Crippen LogP contribution in [0.4, 0.5) is 0 Å². The first kappa shape index (κ1) is 11.2. The van der Waals surface area contributed by atoms with E-state index in [-0.39, 0.29) is 6.10 Å². The zero-order valence-electron chi connectivity index (χ0n) is 7.88. The number of hydrogen-bond donors (Lipinski definition) is 0. The molecule has 0 aromatic rings. The van der Waals surface area contributed by atoms with Crippen LogP contribution in [0.3, 0.4) is 0 Å². The zero-order valence-corrected chi connectivity index (χ0v) is 7.88. The van der Waals surface area contributed by atoms with Crippen LogP contribution in [0.15, 0.2) is 12.2 Å². The number of rotatable bonds is 7. The lowest BCUT2D eigenvalue weighted by Crippen LogP contribution is -2.08. The third kappa shape index (κ3) is 5.96. The van der Waals surface area contributed by atoms with Crippen LogP contribution < -0.4 is 0 Å². The van der Waals surface area contributed by atoms with Crippen molar-refractivity contribution in [1.82, 2.24) is 0 Å². The largest absolute Gasteiger partial charge is 0.450 e. The van der Waals surface area contributed by atoms with Crippen molar-refractivity contribution in [3.63, 3.8) is 0 Å². The van der Waals surface area contributed by atoms with Crippen molar-refractivity contribution in [2.24, 2.45) is 0 Å². The minimum atomic E-state index is -0.0703. The van der Waals surface area contributed by atoms with Gasteiger partial charge in [-0.05, 0) is 25.8 Å². The highest BCUT2D eigenvalue weighted by Gasteiger charge is 2.03. The van der Waals surface area contributed by atoms with Gasteiger partial charge in [-0.25, -0.2) is 4.79 Å². The summed E-state index contributed by atoms with van der Waals surface area (Å²) in [6.07, 6.45) is 8.11. The molecule has 1 atom stereocenters. The number of carbonyl (C=O) groups excluding carboxylic acids is 1. The third-order valence-electron chi connectivity index (χ3n) is 1.70. The second kappa shape index (κ2) is 8.31. The van der Waals surface area contributed by atoms with E-state index in [0.29, 0.717) is 0 Å². The Morgan fingerprint density at radius 2 is 2.25 bits per heavy atom. The number of ether oxygens (including phenoxy) is 1. The highest BCUT2D eigenvalue weighted by atomic mass is 16.5. The third-order valence-corrected chi connectivity index (χ3v) is 1.70. The molecule has 0 rings (SSSR count). The molecule has 0 bridgehead atoms. The molecule has 0 aliphatic heterocycles. The molecule has 1 unspecified atom stereocenters. The molecule has 0 spiro atoms. The Morgan fingerprint density at radius 3 is 2.75 bits per heavy atom. The van der Waals surface area contributed by atoms with E-state index in [1.165, 1.54) is 19.3 Å². The summed E-state index contributed by atoms with van der Waals surface area (Å²) in [5, 5.41) is 0. The number of allylic oxidation sites excluding steroid dienone is 1. The number of unbranched alkanes of at least 4 members (excludes halogenated alkanes) is 2. The van der Waals surface area contributed by atoms with Crippen LogP contribution in [0, 0.1) is 0 Å². The molecule has 0 N–H and O–H groups in total. The molecule has 2 heteroatoms. The van der Waals surface area contributed by atoms with Crippen molar-refractivity contribution in [3.8, 4) is 0 Å². The molecule has 12 heavy (non-hydrogen) atoms. The fraction of sp³-hybridized carbons (Fsp3) is 0.700. The van der Waals surface area contributed by atoms with Gasteiger partial charge in [0.25, 0.3) is 0 Å². The highest BCUT2D eigenvalue weighted by Crippen LogP contribution is 2.07. The molecule has 0 saturated carbocycles. The van der Waals surface area contributed by atoms with E-state index in [1.807, 2.05) is 19.1 Å². The molecule has 0 aromatic heterocycles. The Kier molecular flexibility index (Phi) is 7.76. The van der Waals surface area contributed by atoms with Gasteiger partial charge in [0.2, 0.25) is 0 Å². The molecule has 0 saturated heterocycles. The van der Waals surface area contributed by atoms with Crippen LogP contribution >= 0.6 is 0 Å². The summed E-state index contributed by atoms with van der Waals surface area (Å²) >= 11 is 0. The molecular formula is C10H17O2. The normalized spacial score (nSPS) is 13.2. The van der Waals surface area contributed by atoms with Crippen molar-refractivity contribution in [1.29, 1.82) is 0 Å². The van der Waals surface area contributed by atoms with E-state index in [4.69, 9.17) is 4.74 Å². The summed E-state index contributed by atoms with van der Waals surface area (Å²) < 4.78 is 4.74. The van der Waals surface area contributed by atoms with Gasteiger partial charge in [0, 0.05) is 0 Å². The van der Waals surface area contributed by atoms with E-state index in [2.05, 4.69) is 6.92 Å². The fourth-order valence-corrected chi connectivity index (χ4v) is 1.07. The predicted molar refractivity (Wildman–Crippen MR) is 49.5 cm³/mol. The quantitative estimate of drug-likeness (QED) is 0.432. The highest BCUT2D eigenvalue weighted by molar-refractivity contribution is 5.39. The Bertz CT molecular complexity index is 130. The Hall–Kier alpha value is -0.790. The van der Waals surface area contributed by atoms with Crippen molar-refractivity contribution in [3.05, 3.63) is 12.2 Å². The van der Waals surface area contributed by atoms with Crippen LogP contribution in [-0.4, -0.2) is 12.6 Å². The van der Waals surface area contributed by atoms with E-state index in [9.17, 15) is 4.79 Å². The first-order valence-electron chi connectivity index (χ1n) is 4.50. The van der Waals surface area contributed by atoms with Gasteiger partial charge in [-0.2, -0.15) is 0 Å². The van der Waals surface area contributed by atoms with E-state index >= 15 is 0 Å². The van der Waals surface area contributed by atoms with Crippen molar-refractivity contribution < 1.29 is 9.53 Å². The number of hydrogen-bond acceptors (Lipinski definition) is 2. The second-order valence-corrected chi connectivity index (χ2v) is 2.76. The lowest BCUT2D eigenvalue weighted by atomic mass is 10.1. The summed E-state index contributed by atoms with van der Waals surface area (Å²) in [5.41, 5.74) is 0. The first-order valence-corrected chi connectivity index (χ1v) is 4.50. The van der Waals surface area contributed by atoms with Gasteiger partial charge < -0.3 is 4.74 Å². The average molecular weight is 169 g/mol. The lowest BCUT2D eigenvalue weighted by Gasteiger charge is -2.08. The zero-order chi connectivity index (χ0) is 9.23. The Labute approximate surface area is 74.6 Å². The second-order valence-electron chi connectivity index (χ2n) is 2.76. The molecule has 1 radical (unpaired) electrons. The maximum Gasteiger partial charge on any atom is 0.418 e. The molecule has 0 heterocycles. The van der Waals surface area contributed by atoms with Crippen LogP contribution in [0.5, 0.6) is 0 Å². The Morgan fingerprint density at radius 1 is 1.50 bits per heavy atom. The summed E-state index contributed by atoms with van der Waals surface area (Å²) in [4.78, 5) is 9.94. The fourth-order valence-electron chi connectivity index (χ4n) is 1.07. The minimum Gasteiger partial charge on any atom is -0.450 e. The van der Waals surface area contributed by atoms with Gasteiger partial charge in [0.05, 0.1) is 0 Å². The maximum atomic E-state index is 9.94. The molecule has 0 fully saturated rings. The molecule has 0 amide bonds. The first-order chi connectivity index (χ1) is 5.85. The maximum absolute atomic E-state index is 9.94. The molecule has 0 aliphatic rings. The van der Waals surface area contributed by atoms with E-state index in [0.717, 1.165) is 12.8 Å². The smallest absolute Gasteiger partial charge is 0.418 e. The predicted octanol–water partition coefficient (Wildman–Crippen LogP) is 2.60. The van der Waals surface area contributed by atoms with Crippen molar-refractivity contribution >= 4 is 6.47 Å². The van der Waals surface area contributed by atoms with Crippen LogP contribution in [0.25, 0.3) is 0 Å². The van der Waals surface area contributed by atoms with Crippen molar-refractivity contribution in [2.75, 3.05) is 0 Å². The van der Waals surface area contributed by atoms with Gasteiger partial charge in [-0.1, -0.05) is 25.8 Å². The van der Waals surface area contributed by atoms with Gasteiger partial charge >= 0.3 is 6.47 Å². The van der Waals surface area contributed by atoms with Crippen LogP contribution in [0.1, 0.15) is 39.5 Å². The van der Waals surface area contributed by atoms with E-state index < -0.39 is 0 Å². The van der Waals surface area contributed by atoms with E-state index in [1.54, 1.807) is 0 Å². The van der Waals surface area contributed by atoms with Gasteiger partial charge in [0.1, 0.15) is 6.10 Å². The topological polar surface area (TPSA) is 26.3 Å². The minimum absolute atomic E-state index is 0.0703. The standard InChI is InChI=1S/C10H17O2/c1-3-5-6-8-10(7-4-2)12-9-11/h4,7,10H,3,5-6,8H2,1-2H3/b7-4+. The monoisotopic (exact) mass is 169 g/mol. The summed E-state index contributed by atoms with van der Waals surface area (Å²) in [5.74, 6) is 0. The summed E-state index contributed by atoms with van der Waals surface area (Å²) in [6.45, 7) is 5.55. The SMILES string of the molecule is C/C=C/C(CCCCC)O[C]=O. The van der Waals surface area contributed by atoms with Crippen molar-refractivity contribution in [2.45, 2.75) is 45.6 Å². The molecule has 69 valence electrons. The van der Waals surface area contributed by atoms with Gasteiger partial charge in [0.15, 0.2) is 0 Å². The average Bonchev–Trinajstić information content (AvgIpc) is 2.06. The summed E-state index contributed by atoms with van der Waals surface area (Å²) in [7, 11) is 0.